The van der Waals surface area contributed by atoms with Crippen molar-refractivity contribution < 1.29 is 41.8 Å². The number of hydrogen-bond acceptors (Lipinski definition) is 9. The molecular weight excluding hydrogens is 841 g/mol. The zero-order chi connectivity index (χ0) is 45.5. The maximum Gasteiger partial charge on any atom is 0.573 e. The number of rotatable bonds is 11. The van der Waals surface area contributed by atoms with Gasteiger partial charge in [0, 0.05) is 67.2 Å². The van der Waals surface area contributed by atoms with Crippen LogP contribution in [0.4, 0.5) is 29.5 Å². The topological polar surface area (TPSA) is 162 Å². The summed E-state index contributed by atoms with van der Waals surface area (Å²) in [4.78, 5) is 70.3. The second-order valence-electron chi connectivity index (χ2n) is 17.6. The Morgan fingerprint density at radius 2 is 1.68 bits per heavy atom. The molecule has 4 amide bonds. The van der Waals surface area contributed by atoms with Crippen LogP contribution in [-0.4, -0.2) is 99.8 Å². The van der Waals surface area contributed by atoms with E-state index in [1.54, 1.807) is 47.5 Å². The Kier molecular flexibility index (Phi) is 12.7. The van der Waals surface area contributed by atoms with Crippen LogP contribution in [0.15, 0.2) is 60.9 Å². The van der Waals surface area contributed by atoms with Crippen LogP contribution in [0.3, 0.4) is 0 Å². The van der Waals surface area contributed by atoms with E-state index in [0.29, 0.717) is 54.5 Å². The molecule has 0 radical (unpaired) electrons. The Labute approximate surface area is 368 Å². The lowest BCUT2D eigenvalue weighted by molar-refractivity contribution is -0.274. The number of piperazine rings is 1. The molecule has 2 aromatic heterocycles. The van der Waals surface area contributed by atoms with E-state index >= 15 is 0 Å². The Hall–Kier alpha value is -5.84. The first kappa shape index (κ1) is 45.2. The zero-order valence-corrected chi connectivity index (χ0v) is 36.9. The van der Waals surface area contributed by atoms with Gasteiger partial charge in [-0.1, -0.05) is 63.6 Å². The molecule has 1 aliphatic carbocycles. The van der Waals surface area contributed by atoms with Crippen LogP contribution in [-0.2, 0) is 14.3 Å². The fourth-order valence-electron chi connectivity index (χ4n) is 8.48. The van der Waals surface area contributed by atoms with Gasteiger partial charge in [0.05, 0.1) is 35.1 Å². The number of nitrogens with one attached hydrogen (secondary N) is 3. The number of halogens is 4. The predicted molar refractivity (Wildman–Crippen MR) is 231 cm³/mol. The third-order valence-electron chi connectivity index (χ3n) is 12.3. The summed E-state index contributed by atoms with van der Waals surface area (Å²) >= 11 is 6.61. The third-order valence-corrected chi connectivity index (χ3v) is 12.6. The highest BCUT2D eigenvalue weighted by Crippen LogP contribution is 2.53. The quantitative estimate of drug-likeness (QED) is 0.134. The van der Waals surface area contributed by atoms with Crippen LogP contribution in [0.1, 0.15) is 83.0 Å². The highest BCUT2D eigenvalue weighted by atomic mass is 35.5. The molecule has 63 heavy (non-hydrogen) atoms. The molecule has 5 atom stereocenters. The third kappa shape index (κ3) is 9.87. The van der Waals surface area contributed by atoms with Gasteiger partial charge >= 0.3 is 12.5 Å². The summed E-state index contributed by atoms with van der Waals surface area (Å²) in [6, 6.07) is 11.0. The van der Waals surface area contributed by atoms with Crippen molar-refractivity contribution >= 4 is 46.9 Å². The number of H-pyrrole nitrogens is 1. The number of benzene rings is 2. The second-order valence-corrected chi connectivity index (χ2v) is 18.0. The number of pyridine rings is 1. The molecule has 1 saturated carbocycles. The number of alkyl carbamates (subject to hydrolysis) is 1. The number of amides is 4. The molecular formula is C45H52ClF3N8O6. The number of nitrogens with zero attached hydrogens (tertiary/aromatic N) is 5. The molecule has 2 aromatic carbocycles. The van der Waals surface area contributed by atoms with Crippen LogP contribution in [0.25, 0.3) is 22.4 Å². The van der Waals surface area contributed by atoms with Gasteiger partial charge < -0.3 is 39.8 Å². The van der Waals surface area contributed by atoms with Gasteiger partial charge in [-0.3, -0.25) is 14.4 Å². The molecule has 3 aliphatic rings. The monoisotopic (exact) mass is 892 g/mol. The van der Waals surface area contributed by atoms with Gasteiger partial charge in [0.1, 0.15) is 23.4 Å². The molecule has 14 nitrogen and oxygen atoms in total. The van der Waals surface area contributed by atoms with Gasteiger partial charge in [0.15, 0.2) is 0 Å². The van der Waals surface area contributed by atoms with E-state index in [9.17, 15) is 32.3 Å². The summed E-state index contributed by atoms with van der Waals surface area (Å²) in [7, 11) is 1.24. The maximum absolute atomic E-state index is 13.8. The number of aromatic amines is 1. The fraction of sp³-hybridized carbons (Fsp3) is 0.467. The fourth-order valence-corrected chi connectivity index (χ4v) is 8.69. The van der Waals surface area contributed by atoms with Gasteiger partial charge in [-0.25, -0.2) is 14.8 Å². The summed E-state index contributed by atoms with van der Waals surface area (Å²) in [6.07, 6.45) is -0.388. The van der Waals surface area contributed by atoms with Crippen LogP contribution >= 0.6 is 11.6 Å². The molecule has 7 rings (SSSR count). The Morgan fingerprint density at radius 1 is 0.984 bits per heavy atom. The van der Waals surface area contributed by atoms with Gasteiger partial charge in [-0.05, 0) is 68.2 Å². The first-order chi connectivity index (χ1) is 29.7. The molecule has 0 spiro atoms. The lowest BCUT2D eigenvalue weighted by atomic mass is 10.0. The van der Waals surface area contributed by atoms with Crippen LogP contribution < -0.4 is 20.3 Å². The van der Waals surface area contributed by atoms with Crippen molar-refractivity contribution in [1.29, 1.82) is 0 Å². The van der Waals surface area contributed by atoms with E-state index in [1.807, 2.05) is 32.6 Å². The minimum Gasteiger partial charge on any atom is -0.453 e. The van der Waals surface area contributed by atoms with Crippen molar-refractivity contribution in [2.24, 2.45) is 17.3 Å². The second kappa shape index (κ2) is 17.7. The number of imidazole rings is 1. The number of aromatic nitrogens is 3. The summed E-state index contributed by atoms with van der Waals surface area (Å²) in [5, 5.41) is 5.20. The number of ether oxygens (including phenoxy) is 2. The average molecular weight is 893 g/mol. The SMILES string of the molecule is COC(=O)N[C@H](C(=O)N1CCC[C@H]1c1nc(-c2ccc(-c3cc(Cl)c(NC(=O)c4ccc(N5C[C@H](C)N(C(=O)[C@H]6CC6(C)C)C[C@H]5C)nc4)cc3OC(F)(F)F)cc2)c[nH]1)C(C)C. The molecule has 2 aliphatic heterocycles. The largest absolute Gasteiger partial charge is 0.573 e. The number of anilines is 2. The molecule has 4 heterocycles. The van der Waals surface area contributed by atoms with Crippen molar-refractivity contribution in [3.8, 4) is 28.1 Å². The number of alkyl halides is 3. The van der Waals surface area contributed by atoms with Crippen LogP contribution in [0.2, 0.25) is 5.02 Å². The number of carbonyl (C=O) groups is 4. The van der Waals surface area contributed by atoms with Crippen molar-refractivity contribution in [2.45, 2.75) is 91.3 Å². The zero-order valence-electron chi connectivity index (χ0n) is 36.2. The Bertz CT molecular complexity index is 2360. The van der Waals surface area contributed by atoms with Crippen molar-refractivity contribution in [1.82, 2.24) is 30.1 Å². The summed E-state index contributed by atoms with van der Waals surface area (Å²) in [6.45, 7) is 13.5. The van der Waals surface area contributed by atoms with Crippen molar-refractivity contribution in [3.63, 3.8) is 0 Å². The Morgan fingerprint density at radius 3 is 2.30 bits per heavy atom. The highest BCUT2D eigenvalue weighted by molar-refractivity contribution is 6.34. The number of likely N-dealkylation sites (tertiary alicyclic amines) is 1. The van der Waals surface area contributed by atoms with Crippen LogP contribution in [0.5, 0.6) is 5.75 Å². The van der Waals surface area contributed by atoms with E-state index in [4.69, 9.17) is 21.3 Å². The first-order valence-electron chi connectivity index (χ1n) is 21.0. The lowest BCUT2D eigenvalue weighted by Gasteiger charge is -2.45. The van der Waals surface area contributed by atoms with Gasteiger partial charge in [0.25, 0.3) is 5.91 Å². The van der Waals surface area contributed by atoms with Gasteiger partial charge in [0.2, 0.25) is 11.8 Å². The number of hydrogen-bond donors (Lipinski definition) is 3. The van der Waals surface area contributed by atoms with E-state index < -0.39 is 30.2 Å². The molecule has 18 heteroatoms. The molecule has 336 valence electrons. The Balaban J connectivity index is 1.04. The highest BCUT2D eigenvalue weighted by Gasteiger charge is 2.53. The van der Waals surface area contributed by atoms with E-state index in [1.165, 1.54) is 19.4 Å². The standard InChI is InChI=1S/C45H52ClF3N8O6/c1-24(2)38(54-43(61)62-7)42(60)55-16-8-9-35(55)39-51-21-34(52-39)28-12-10-27(11-13-28)30-17-32(46)33(18-36(30)63-45(47,48)49)53-40(58)29-14-15-37(50-20-29)56-22-26(4)57(23-25(56)3)41(59)31-19-44(31,5)6/h10-15,17-18,20-21,24-26,31,35,38H,8-9,16,19,22-23H2,1-7H3,(H,51,52)(H,53,58)(H,54,61)/t25-,26+,31-,35+,38+/m1/s1. The maximum atomic E-state index is 13.8. The van der Waals surface area contributed by atoms with Crippen LogP contribution in [0, 0.1) is 17.3 Å². The normalized spacial score (nSPS) is 21.2. The molecule has 0 unspecified atom stereocenters. The lowest BCUT2D eigenvalue weighted by Crippen LogP contribution is -2.59. The molecule has 3 fully saturated rings. The molecule has 0 bridgehead atoms. The average Bonchev–Trinajstić information content (AvgIpc) is 3.58. The van der Waals surface area contributed by atoms with Crippen molar-refractivity contribution in [3.05, 3.63) is 77.3 Å². The smallest absolute Gasteiger partial charge is 0.453 e. The summed E-state index contributed by atoms with van der Waals surface area (Å²) in [5.74, 6) is -0.239. The summed E-state index contributed by atoms with van der Waals surface area (Å²) in [5.41, 5.74) is 1.67. The molecule has 4 aromatic rings. The van der Waals surface area contributed by atoms with E-state index in [2.05, 4.69) is 44.1 Å². The van der Waals surface area contributed by atoms with E-state index in [0.717, 1.165) is 18.9 Å². The minimum atomic E-state index is -5.06. The predicted octanol–water partition coefficient (Wildman–Crippen LogP) is 8.46. The van der Waals surface area contributed by atoms with Gasteiger partial charge in [-0.15, -0.1) is 13.2 Å². The minimum absolute atomic E-state index is 0.0209. The summed E-state index contributed by atoms with van der Waals surface area (Å²) < 4.78 is 50.5. The molecule has 3 N–H and O–H groups in total. The van der Waals surface area contributed by atoms with Gasteiger partial charge in [-0.2, -0.15) is 0 Å². The number of carbonyl (C=O) groups excluding carboxylic acids is 4. The molecule has 2 saturated heterocycles. The first-order valence-corrected chi connectivity index (χ1v) is 21.4. The number of methoxy groups -OCH3 is 1. The van der Waals surface area contributed by atoms with E-state index in [-0.39, 0.29) is 69.0 Å². The van der Waals surface area contributed by atoms with Crippen molar-refractivity contribution in [2.75, 3.05) is 37.0 Å².